The molecule has 1 unspecified atom stereocenters. The minimum Gasteiger partial charge on any atom is -0.460 e. The Labute approximate surface area is 103 Å². The van der Waals surface area contributed by atoms with Gasteiger partial charge in [0.1, 0.15) is 0 Å². The molecule has 1 atom stereocenters. The van der Waals surface area contributed by atoms with E-state index in [1.54, 1.807) is 6.07 Å². The molecule has 2 heterocycles. The van der Waals surface area contributed by atoms with Crippen LogP contribution in [0.2, 0.25) is 0 Å². The van der Waals surface area contributed by atoms with Gasteiger partial charge in [-0.3, -0.25) is 4.79 Å². The third-order valence-electron chi connectivity index (χ3n) is 2.84. The maximum Gasteiger partial charge on any atom is 0.199 e. The number of carbonyl (C=O) groups is 1. The molecule has 16 heavy (non-hydrogen) atoms. The lowest BCUT2D eigenvalue weighted by atomic mass is 10.0. The average molecular weight is 287 g/mol. The first kappa shape index (κ1) is 11.9. The number of hydrogen-bond donors (Lipinski definition) is 0. The smallest absolute Gasteiger partial charge is 0.199 e. The van der Waals surface area contributed by atoms with Crippen LogP contribution in [0.25, 0.3) is 0 Å². The molecule has 0 aromatic carbocycles. The molecule has 1 aliphatic heterocycles. The van der Waals surface area contributed by atoms with E-state index < -0.39 is 0 Å². The van der Waals surface area contributed by atoms with Crippen LogP contribution in [0, 0.1) is 0 Å². The van der Waals surface area contributed by atoms with E-state index in [0.29, 0.717) is 12.2 Å². The molecular formula is C12H15BrO3. The highest BCUT2D eigenvalue weighted by atomic mass is 79.9. The Balaban J connectivity index is 1.81. The van der Waals surface area contributed by atoms with E-state index in [9.17, 15) is 4.79 Å². The lowest BCUT2D eigenvalue weighted by molar-refractivity contribution is 0.0103. The molecule has 1 aliphatic rings. The first-order valence-corrected chi connectivity index (χ1v) is 6.44. The lowest BCUT2D eigenvalue weighted by Gasteiger charge is -2.21. The molecule has 88 valence electrons. The number of halogens is 1. The second kappa shape index (κ2) is 5.64. The van der Waals surface area contributed by atoms with Gasteiger partial charge in [-0.25, -0.2) is 0 Å². The number of hydrogen-bond acceptors (Lipinski definition) is 3. The van der Waals surface area contributed by atoms with Gasteiger partial charge >= 0.3 is 0 Å². The molecule has 2 rings (SSSR count). The Hall–Kier alpha value is -0.610. The van der Waals surface area contributed by atoms with Crippen LogP contribution in [0.3, 0.4) is 0 Å². The normalized spacial score (nSPS) is 20.9. The summed E-state index contributed by atoms with van der Waals surface area (Å²) in [4.78, 5) is 11.8. The van der Waals surface area contributed by atoms with Crippen molar-refractivity contribution in [2.24, 2.45) is 0 Å². The Morgan fingerprint density at radius 3 is 3.00 bits per heavy atom. The average Bonchev–Trinajstić information content (AvgIpc) is 2.74. The summed E-state index contributed by atoms with van der Waals surface area (Å²) in [5, 5.41) is 0. The zero-order chi connectivity index (χ0) is 11.4. The van der Waals surface area contributed by atoms with Crippen molar-refractivity contribution < 1.29 is 13.9 Å². The highest BCUT2D eigenvalue weighted by Gasteiger charge is 2.18. The van der Waals surface area contributed by atoms with Gasteiger partial charge in [0.2, 0.25) is 0 Å². The van der Waals surface area contributed by atoms with Crippen LogP contribution in [-0.2, 0) is 4.74 Å². The van der Waals surface area contributed by atoms with Gasteiger partial charge in [-0.2, -0.15) is 0 Å². The van der Waals surface area contributed by atoms with Gasteiger partial charge in [0.05, 0.1) is 16.8 Å². The van der Waals surface area contributed by atoms with Crippen LogP contribution in [0.5, 0.6) is 0 Å². The standard InChI is InChI=1S/C12H15BrO3/c13-10-6-8-16-12(10)11(14)5-4-9-3-1-2-7-15-9/h6,8-9H,1-5,7H2. The van der Waals surface area contributed by atoms with E-state index in [-0.39, 0.29) is 11.9 Å². The summed E-state index contributed by atoms with van der Waals surface area (Å²) in [6.45, 7) is 0.837. The van der Waals surface area contributed by atoms with Crippen molar-refractivity contribution in [1.29, 1.82) is 0 Å². The zero-order valence-electron chi connectivity index (χ0n) is 9.08. The molecule has 1 fully saturated rings. The van der Waals surface area contributed by atoms with Crippen molar-refractivity contribution >= 4 is 21.7 Å². The minimum absolute atomic E-state index is 0.0473. The highest BCUT2D eigenvalue weighted by molar-refractivity contribution is 9.10. The van der Waals surface area contributed by atoms with E-state index in [1.807, 2.05) is 0 Å². The fourth-order valence-electron chi connectivity index (χ4n) is 1.93. The molecule has 3 nitrogen and oxygen atoms in total. The number of furan rings is 1. The quantitative estimate of drug-likeness (QED) is 0.795. The molecule has 4 heteroatoms. The van der Waals surface area contributed by atoms with Crippen molar-refractivity contribution in [3.63, 3.8) is 0 Å². The predicted octanol–water partition coefficient (Wildman–Crippen LogP) is 3.57. The maximum absolute atomic E-state index is 11.8. The van der Waals surface area contributed by atoms with Gasteiger partial charge in [-0.05, 0) is 47.7 Å². The van der Waals surface area contributed by atoms with Crippen LogP contribution in [0.15, 0.2) is 21.2 Å². The van der Waals surface area contributed by atoms with Crippen LogP contribution < -0.4 is 0 Å². The molecule has 0 radical (unpaired) electrons. The van der Waals surface area contributed by atoms with Crippen molar-refractivity contribution in [2.75, 3.05) is 6.61 Å². The summed E-state index contributed by atoms with van der Waals surface area (Å²) in [5.41, 5.74) is 0. The first-order valence-electron chi connectivity index (χ1n) is 5.65. The molecule has 1 aromatic rings. The van der Waals surface area contributed by atoms with E-state index >= 15 is 0 Å². The molecule has 0 aliphatic carbocycles. The summed E-state index contributed by atoms with van der Waals surface area (Å²) in [5.74, 6) is 0.474. The van der Waals surface area contributed by atoms with Crippen LogP contribution in [-0.4, -0.2) is 18.5 Å². The molecular weight excluding hydrogens is 272 g/mol. The van der Waals surface area contributed by atoms with E-state index in [4.69, 9.17) is 9.15 Å². The fourth-order valence-corrected chi connectivity index (χ4v) is 2.36. The minimum atomic E-state index is 0.0473. The molecule has 1 aromatic heterocycles. The molecule has 0 N–H and O–H groups in total. The van der Waals surface area contributed by atoms with Gasteiger partial charge in [-0.1, -0.05) is 0 Å². The van der Waals surface area contributed by atoms with Gasteiger partial charge in [-0.15, -0.1) is 0 Å². The summed E-state index contributed by atoms with van der Waals surface area (Å²) in [6, 6.07) is 1.74. The van der Waals surface area contributed by atoms with Crippen molar-refractivity contribution in [2.45, 2.75) is 38.2 Å². The van der Waals surface area contributed by atoms with Crippen molar-refractivity contribution in [3.8, 4) is 0 Å². The zero-order valence-corrected chi connectivity index (χ0v) is 10.7. The van der Waals surface area contributed by atoms with Crippen molar-refractivity contribution in [1.82, 2.24) is 0 Å². The van der Waals surface area contributed by atoms with Gasteiger partial charge in [0.25, 0.3) is 0 Å². The number of carbonyl (C=O) groups excluding carboxylic acids is 1. The van der Waals surface area contributed by atoms with Crippen LogP contribution in [0.4, 0.5) is 0 Å². The van der Waals surface area contributed by atoms with Gasteiger partial charge in [0.15, 0.2) is 11.5 Å². The van der Waals surface area contributed by atoms with Gasteiger partial charge in [0, 0.05) is 13.0 Å². The maximum atomic E-state index is 11.8. The molecule has 0 spiro atoms. The summed E-state index contributed by atoms with van der Waals surface area (Å²) in [7, 11) is 0. The predicted molar refractivity (Wildman–Crippen MR) is 63.6 cm³/mol. The molecule has 0 bridgehead atoms. The molecule has 0 saturated carbocycles. The number of ether oxygens (including phenoxy) is 1. The largest absolute Gasteiger partial charge is 0.460 e. The number of ketones is 1. The second-order valence-electron chi connectivity index (χ2n) is 4.05. The van der Waals surface area contributed by atoms with Crippen LogP contribution >= 0.6 is 15.9 Å². The summed E-state index contributed by atoms with van der Waals surface area (Å²) < 4.78 is 11.4. The first-order chi connectivity index (χ1) is 7.77. The molecule has 1 saturated heterocycles. The van der Waals surface area contributed by atoms with Crippen molar-refractivity contribution in [3.05, 3.63) is 22.6 Å². The monoisotopic (exact) mass is 286 g/mol. The second-order valence-corrected chi connectivity index (χ2v) is 4.90. The summed E-state index contributed by atoms with van der Waals surface area (Å²) >= 11 is 3.29. The third kappa shape index (κ3) is 2.95. The van der Waals surface area contributed by atoms with Gasteiger partial charge < -0.3 is 9.15 Å². The highest BCUT2D eigenvalue weighted by Crippen LogP contribution is 2.22. The van der Waals surface area contributed by atoms with E-state index in [1.165, 1.54) is 12.7 Å². The Bertz CT molecular complexity index is 353. The Morgan fingerprint density at radius 2 is 2.38 bits per heavy atom. The number of rotatable bonds is 4. The van der Waals surface area contributed by atoms with E-state index in [2.05, 4.69) is 15.9 Å². The lowest BCUT2D eigenvalue weighted by Crippen LogP contribution is -2.19. The topological polar surface area (TPSA) is 39.4 Å². The fraction of sp³-hybridized carbons (Fsp3) is 0.583. The Morgan fingerprint density at radius 1 is 1.50 bits per heavy atom. The van der Waals surface area contributed by atoms with E-state index in [0.717, 1.165) is 30.3 Å². The SMILES string of the molecule is O=C(CCC1CCCCO1)c1occc1Br. The molecule has 0 amide bonds. The summed E-state index contributed by atoms with van der Waals surface area (Å²) in [6.07, 6.45) is 6.51. The number of Topliss-reactive ketones (excluding diaryl/α,β-unsaturated/α-hetero) is 1. The third-order valence-corrected chi connectivity index (χ3v) is 3.46. The van der Waals surface area contributed by atoms with Crippen LogP contribution in [0.1, 0.15) is 42.7 Å². The Kier molecular flexibility index (Phi) is 4.18.